The number of ketones is 1. The molecule has 146 valence electrons. The Labute approximate surface area is 167 Å². The van der Waals surface area contributed by atoms with Crippen molar-refractivity contribution in [2.45, 2.75) is 32.1 Å². The molecule has 0 saturated carbocycles. The van der Waals surface area contributed by atoms with Crippen LogP contribution in [0.1, 0.15) is 37.7 Å². The minimum absolute atomic E-state index is 0.00208. The molecule has 0 aromatic heterocycles. The zero-order valence-corrected chi connectivity index (χ0v) is 16.3. The van der Waals surface area contributed by atoms with Crippen molar-refractivity contribution in [2.75, 3.05) is 13.4 Å². The molecule has 3 aliphatic rings. The van der Waals surface area contributed by atoms with Gasteiger partial charge in [-0.15, -0.1) is 0 Å². The number of esters is 1. The van der Waals surface area contributed by atoms with Gasteiger partial charge >= 0.3 is 5.97 Å². The van der Waals surface area contributed by atoms with Crippen LogP contribution >= 0.6 is 11.6 Å². The van der Waals surface area contributed by atoms with E-state index in [1.165, 1.54) is 6.08 Å². The molecule has 2 unspecified atom stereocenters. The van der Waals surface area contributed by atoms with Crippen LogP contribution in [-0.2, 0) is 14.3 Å². The average molecular weight is 402 g/mol. The maximum atomic E-state index is 12.9. The van der Waals surface area contributed by atoms with E-state index in [0.717, 1.165) is 12.1 Å². The van der Waals surface area contributed by atoms with Gasteiger partial charge in [0.25, 0.3) is 0 Å². The van der Waals surface area contributed by atoms with Crippen LogP contribution in [0.3, 0.4) is 0 Å². The largest absolute Gasteiger partial charge is 0.461 e. The van der Waals surface area contributed by atoms with E-state index >= 15 is 0 Å². The molecule has 0 spiro atoms. The fourth-order valence-electron chi connectivity index (χ4n) is 4.05. The molecule has 1 aliphatic carbocycles. The predicted octanol–water partition coefficient (Wildman–Crippen LogP) is 3.98. The first-order chi connectivity index (χ1) is 13.5. The number of benzene rings is 1. The average Bonchev–Trinajstić information content (AvgIpc) is 3.11. The molecule has 7 heteroatoms. The monoisotopic (exact) mass is 401 g/mol. The Balaban J connectivity index is 1.87. The molecule has 0 fully saturated rings. The van der Waals surface area contributed by atoms with Gasteiger partial charge in [-0.1, -0.05) is 24.3 Å². The third-order valence-corrected chi connectivity index (χ3v) is 5.59. The minimum atomic E-state index is -0.737. The molecule has 28 heavy (non-hydrogen) atoms. The van der Waals surface area contributed by atoms with Crippen LogP contribution in [-0.4, -0.2) is 30.9 Å². The highest BCUT2D eigenvalue weighted by Gasteiger charge is 2.44. The summed E-state index contributed by atoms with van der Waals surface area (Å²) >= 11 is 6.56. The molecule has 2 aliphatic heterocycles. The SMILES string of the molecule is C=CCOC(=O)C1C(C)=NC2=C(C(=O)CCC2)C1c1cc2c(cc1Cl)OCO2. The summed E-state index contributed by atoms with van der Waals surface area (Å²) in [6.07, 6.45) is 3.39. The van der Waals surface area contributed by atoms with E-state index < -0.39 is 17.8 Å². The molecular weight excluding hydrogens is 382 g/mol. The van der Waals surface area contributed by atoms with Gasteiger partial charge in [0.1, 0.15) is 12.5 Å². The van der Waals surface area contributed by atoms with E-state index in [0.29, 0.717) is 46.2 Å². The lowest BCUT2D eigenvalue weighted by Gasteiger charge is -2.34. The van der Waals surface area contributed by atoms with Crippen molar-refractivity contribution in [3.8, 4) is 11.5 Å². The van der Waals surface area contributed by atoms with Crippen molar-refractivity contribution in [3.63, 3.8) is 0 Å². The molecule has 1 aromatic carbocycles. The molecule has 0 radical (unpaired) electrons. The number of carbonyl (C=O) groups excluding carboxylic acids is 2. The Hall–Kier alpha value is -2.60. The van der Waals surface area contributed by atoms with Gasteiger partial charge in [-0.25, -0.2) is 0 Å². The van der Waals surface area contributed by atoms with E-state index in [-0.39, 0.29) is 19.2 Å². The Morgan fingerprint density at radius 2 is 2.11 bits per heavy atom. The second-order valence-corrected chi connectivity index (χ2v) is 7.40. The van der Waals surface area contributed by atoms with Crippen LogP contribution in [0.4, 0.5) is 0 Å². The first-order valence-electron chi connectivity index (χ1n) is 9.19. The summed E-state index contributed by atoms with van der Waals surface area (Å²) < 4.78 is 16.2. The molecular formula is C21H20ClNO5. The molecule has 4 rings (SSSR count). The van der Waals surface area contributed by atoms with E-state index in [1.54, 1.807) is 19.1 Å². The number of aliphatic imine (C=N–C) groups is 1. The highest BCUT2D eigenvalue weighted by Crippen LogP contribution is 2.48. The van der Waals surface area contributed by atoms with Crippen LogP contribution < -0.4 is 9.47 Å². The number of nitrogens with zero attached hydrogens (tertiary/aromatic N) is 1. The van der Waals surface area contributed by atoms with Crippen LogP contribution in [0.25, 0.3) is 0 Å². The molecule has 0 amide bonds. The second-order valence-electron chi connectivity index (χ2n) is 6.99. The molecule has 0 N–H and O–H groups in total. The van der Waals surface area contributed by atoms with Gasteiger partial charge in [-0.3, -0.25) is 14.6 Å². The highest BCUT2D eigenvalue weighted by molar-refractivity contribution is 6.32. The Bertz CT molecular complexity index is 933. The molecule has 1 aromatic rings. The number of Topliss-reactive ketones (excluding diaryl/α,β-unsaturated/α-hetero) is 1. The van der Waals surface area contributed by atoms with Crippen LogP contribution in [0.2, 0.25) is 5.02 Å². The third-order valence-electron chi connectivity index (χ3n) is 5.26. The number of fused-ring (bicyclic) bond motifs is 1. The van der Waals surface area contributed by atoms with Crippen LogP contribution in [0.5, 0.6) is 11.5 Å². The Morgan fingerprint density at radius 1 is 1.36 bits per heavy atom. The first kappa shape index (κ1) is 18.7. The summed E-state index contributed by atoms with van der Waals surface area (Å²) in [5, 5.41) is 0.413. The quantitative estimate of drug-likeness (QED) is 0.563. The summed E-state index contributed by atoms with van der Waals surface area (Å²) in [5.74, 6) is -0.672. The maximum absolute atomic E-state index is 12.9. The minimum Gasteiger partial charge on any atom is -0.461 e. The van der Waals surface area contributed by atoms with Gasteiger partial charge < -0.3 is 14.2 Å². The number of carbonyl (C=O) groups is 2. The zero-order valence-electron chi connectivity index (χ0n) is 15.5. The van der Waals surface area contributed by atoms with E-state index in [2.05, 4.69) is 11.6 Å². The highest BCUT2D eigenvalue weighted by atomic mass is 35.5. The van der Waals surface area contributed by atoms with Gasteiger partial charge in [0.05, 0.1) is 0 Å². The lowest BCUT2D eigenvalue weighted by molar-refractivity contribution is -0.145. The Kier molecular flexibility index (Phi) is 4.98. The summed E-state index contributed by atoms with van der Waals surface area (Å²) in [4.78, 5) is 30.3. The first-order valence-corrected chi connectivity index (χ1v) is 9.57. The van der Waals surface area contributed by atoms with E-state index in [1.807, 2.05) is 0 Å². The molecule has 6 nitrogen and oxygen atoms in total. The van der Waals surface area contributed by atoms with Gasteiger partial charge in [0, 0.05) is 40.4 Å². The zero-order chi connectivity index (χ0) is 19.8. The number of allylic oxidation sites excluding steroid dienone is 2. The molecule has 0 bridgehead atoms. The maximum Gasteiger partial charge on any atom is 0.315 e. The molecule has 2 atom stereocenters. The summed E-state index contributed by atoms with van der Waals surface area (Å²) in [5.41, 5.74) is 2.54. The second kappa shape index (κ2) is 7.43. The van der Waals surface area contributed by atoms with Crippen LogP contribution in [0.15, 0.2) is 41.1 Å². The van der Waals surface area contributed by atoms with Crippen molar-refractivity contribution in [2.24, 2.45) is 10.9 Å². The number of hydrogen-bond donors (Lipinski definition) is 0. The standard InChI is InChI=1S/C21H20ClNO5/c1-3-7-26-21(25)18-11(2)23-14-5-4-6-15(24)20(14)19(18)12-8-16-17(9-13(12)22)28-10-27-16/h3,8-9,18-19H,1,4-7,10H2,2H3. The summed E-state index contributed by atoms with van der Waals surface area (Å²) in [6.45, 7) is 5.57. The van der Waals surface area contributed by atoms with Gasteiger partial charge in [0.15, 0.2) is 17.3 Å². The topological polar surface area (TPSA) is 74.2 Å². The van der Waals surface area contributed by atoms with Crippen molar-refractivity contribution in [1.82, 2.24) is 0 Å². The summed E-state index contributed by atoms with van der Waals surface area (Å²) in [7, 11) is 0. The number of ether oxygens (including phenoxy) is 3. The summed E-state index contributed by atoms with van der Waals surface area (Å²) in [6, 6.07) is 3.42. The number of rotatable bonds is 4. The lowest BCUT2D eigenvalue weighted by Crippen LogP contribution is -2.37. The van der Waals surface area contributed by atoms with Gasteiger partial charge in [0.2, 0.25) is 6.79 Å². The van der Waals surface area contributed by atoms with Crippen molar-refractivity contribution in [3.05, 3.63) is 46.6 Å². The predicted molar refractivity (Wildman–Crippen MR) is 104 cm³/mol. The van der Waals surface area contributed by atoms with E-state index in [9.17, 15) is 9.59 Å². The van der Waals surface area contributed by atoms with Crippen molar-refractivity contribution in [1.29, 1.82) is 0 Å². The normalized spacial score (nSPS) is 23.2. The van der Waals surface area contributed by atoms with Crippen LogP contribution in [0, 0.1) is 5.92 Å². The fourth-order valence-corrected chi connectivity index (χ4v) is 4.32. The Morgan fingerprint density at radius 3 is 2.86 bits per heavy atom. The molecule has 2 heterocycles. The van der Waals surface area contributed by atoms with E-state index in [4.69, 9.17) is 25.8 Å². The lowest BCUT2D eigenvalue weighted by atomic mass is 9.71. The van der Waals surface area contributed by atoms with Gasteiger partial charge in [-0.05, 0) is 31.4 Å². The number of halogens is 1. The third kappa shape index (κ3) is 3.11. The van der Waals surface area contributed by atoms with Crippen molar-refractivity contribution < 1.29 is 23.8 Å². The fraction of sp³-hybridized carbons (Fsp3) is 0.381. The molecule has 0 saturated heterocycles. The van der Waals surface area contributed by atoms with Crippen molar-refractivity contribution >= 4 is 29.1 Å². The number of hydrogen-bond acceptors (Lipinski definition) is 6. The van der Waals surface area contributed by atoms with Gasteiger partial charge in [-0.2, -0.15) is 0 Å². The smallest absolute Gasteiger partial charge is 0.315 e.